The van der Waals surface area contributed by atoms with Crippen molar-refractivity contribution >= 4 is 29.4 Å². The van der Waals surface area contributed by atoms with Gasteiger partial charge in [-0.15, -0.1) is 0 Å². The predicted molar refractivity (Wildman–Crippen MR) is 116 cm³/mol. The zero-order valence-electron chi connectivity index (χ0n) is 17.5. The first-order valence-electron chi connectivity index (χ1n) is 10.2. The average molecular weight is 442 g/mol. The molecule has 0 atom stereocenters. The molecule has 8 heteroatoms. The Balaban J connectivity index is 1.45. The maximum absolute atomic E-state index is 13.2. The van der Waals surface area contributed by atoms with E-state index < -0.39 is 11.6 Å². The van der Waals surface area contributed by atoms with Gasteiger partial charge in [0.2, 0.25) is 0 Å². The Morgan fingerprint density at radius 2 is 1.87 bits per heavy atom. The second kappa shape index (κ2) is 8.23. The molecule has 0 aromatic heterocycles. The summed E-state index contributed by atoms with van der Waals surface area (Å²) >= 11 is 6.20. The van der Waals surface area contributed by atoms with Gasteiger partial charge in [-0.1, -0.05) is 29.8 Å². The van der Waals surface area contributed by atoms with E-state index in [4.69, 9.17) is 16.3 Å². The van der Waals surface area contributed by atoms with E-state index in [-0.39, 0.29) is 18.4 Å². The highest BCUT2D eigenvalue weighted by Gasteiger charge is 2.52. The van der Waals surface area contributed by atoms with Crippen LogP contribution in [0.25, 0.3) is 0 Å². The largest absolute Gasteiger partial charge is 0.497 e. The van der Waals surface area contributed by atoms with Crippen molar-refractivity contribution in [3.63, 3.8) is 0 Å². The van der Waals surface area contributed by atoms with Gasteiger partial charge in [-0.3, -0.25) is 14.5 Å². The normalized spacial score (nSPS) is 17.8. The number of amides is 4. The maximum Gasteiger partial charge on any atom is 0.325 e. The van der Waals surface area contributed by atoms with Gasteiger partial charge >= 0.3 is 6.03 Å². The molecular formula is C23H24ClN3O4. The second-order valence-corrected chi connectivity index (χ2v) is 8.38. The topological polar surface area (TPSA) is 79.0 Å². The number of likely N-dealkylation sites (tertiary alicyclic amines) is 1. The molecular weight excluding hydrogens is 418 g/mol. The number of carbonyl (C=O) groups is 3. The molecule has 2 aliphatic heterocycles. The van der Waals surface area contributed by atoms with E-state index in [0.29, 0.717) is 47.8 Å². The van der Waals surface area contributed by atoms with Gasteiger partial charge in [0.25, 0.3) is 11.8 Å². The van der Waals surface area contributed by atoms with Crippen LogP contribution in [0, 0.1) is 6.92 Å². The summed E-state index contributed by atoms with van der Waals surface area (Å²) in [6.07, 6.45) is 0.745. The van der Waals surface area contributed by atoms with Gasteiger partial charge in [0.1, 0.15) is 11.3 Å². The first-order valence-corrected chi connectivity index (χ1v) is 10.5. The summed E-state index contributed by atoms with van der Waals surface area (Å²) in [6.45, 7) is 2.76. The Kier molecular flexibility index (Phi) is 5.62. The Bertz CT molecular complexity index is 1050. The van der Waals surface area contributed by atoms with Crippen LogP contribution < -0.4 is 10.1 Å². The molecule has 0 saturated carbocycles. The predicted octanol–water partition coefficient (Wildman–Crippen LogP) is 3.38. The number of hydrogen-bond acceptors (Lipinski definition) is 4. The number of piperidine rings is 1. The van der Waals surface area contributed by atoms with Crippen LogP contribution in [-0.2, 0) is 11.3 Å². The zero-order valence-corrected chi connectivity index (χ0v) is 18.2. The van der Waals surface area contributed by atoms with Gasteiger partial charge in [0.15, 0.2) is 0 Å². The third-order valence-electron chi connectivity index (χ3n) is 6.10. The Hall–Kier alpha value is -3.06. The minimum absolute atomic E-state index is 0.0836. The zero-order chi connectivity index (χ0) is 22.2. The number of ether oxygens (including phenoxy) is 1. The van der Waals surface area contributed by atoms with Crippen molar-refractivity contribution in [3.8, 4) is 5.75 Å². The number of benzene rings is 2. The summed E-state index contributed by atoms with van der Waals surface area (Å²) < 4.78 is 5.20. The van der Waals surface area contributed by atoms with Crippen molar-refractivity contribution in [2.45, 2.75) is 31.8 Å². The van der Waals surface area contributed by atoms with Crippen molar-refractivity contribution in [3.05, 3.63) is 64.2 Å². The van der Waals surface area contributed by atoms with Gasteiger partial charge in [0, 0.05) is 23.7 Å². The van der Waals surface area contributed by atoms with E-state index >= 15 is 0 Å². The molecule has 1 spiro atoms. The molecule has 2 aliphatic rings. The summed E-state index contributed by atoms with van der Waals surface area (Å²) in [5.74, 6) is 0.356. The van der Waals surface area contributed by atoms with Crippen LogP contribution in [0.1, 0.15) is 34.3 Å². The monoisotopic (exact) mass is 441 g/mol. The molecule has 2 aromatic carbocycles. The SMILES string of the molecule is COc1ccc(C(=O)N2CCC3(CC2)NC(=O)N(Cc2ccccc2Cl)C3=O)c(C)c1. The van der Waals surface area contributed by atoms with Gasteiger partial charge in [0.05, 0.1) is 13.7 Å². The molecule has 7 nitrogen and oxygen atoms in total. The summed E-state index contributed by atoms with van der Waals surface area (Å²) in [5.41, 5.74) is 1.19. The highest BCUT2D eigenvalue weighted by atomic mass is 35.5. The molecule has 2 aromatic rings. The van der Waals surface area contributed by atoms with E-state index in [1.165, 1.54) is 4.90 Å². The van der Waals surface area contributed by atoms with E-state index in [1.54, 1.807) is 42.3 Å². The van der Waals surface area contributed by atoms with Crippen LogP contribution in [0.4, 0.5) is 4.79 Å². The number of rotatable bonds is 4. The van der Waals surface area contributed by atoms with Crippen LogP contribution in [0.5, 0.6) is 5.75 Å². The third kappa shape index (κ3) is 3.85. The first-order chi connectivity index (χ1) is 14.8. The highest BCUT2D eigenvalue weighted by molar-refractivity contribution is 6.31. The molecule has 4 amide bonds. The number of hydrogen-bond donors (Lipinski definition) is 1. The number of nitrogens with zero attached hydrogens (tertiary/aromatic N) is 2. The van der Waals surface area contributed by atoms with Crippen molar-refractivity contribution in [1.82, 2.24) is 15.1 Å². The van der Waals surface area contributed by atoms with Gasteiger partial charge in [-0.2, -0.15) is 0 Å². The fourth-order valence-electron chi connectivity index (χ4n) is 4.22. The first kappa shape index (κ1) is 21.2. The summed E-state index contributed by atoms with van der Waals surface area (Å²) in [6, 6.07) is 12.1. The van der Waals surface area contributed by atoms with E-state index in [2.05, 4.69) is 5.32 Å². The number of aryl methyl sites for hydroxylation is 1. The summed E-state index contributed by atoms with van der Waals surface area (Å²) in [5, 5.41) is 3.39. The summed E-state index contributed by atoms with van der Waals surface area (Å²) in [4.78, 5) is 41.7. The number of nitrogens with one attached hydrogen (secondary N) is 1. The number of methoxy groups -OCH3 is 1. The number of urea groups is 1. The minimum Gasteiger partial charge on any atom is -0.497 e. The van der Waals surface area contributed by atoms with Crippen LogP contribution in [0.2, 0.25) is 5.02 Å². The lowest BCUT2D eigenvalue weighted by Crippen LogP contribution is -2.55. The number of carbonyl (C=O) groups excluding carboxylic acids is 3. The molecule has 2 saturated heterocycles. The van der Waals surface area contributed by atoms with Crippen molar-refractivity contribution in [2.24, 2.45) is 0 Å². The fraction of sp³-hybridized carbons (Fsp3) is 0.348. The van der Waals surface area contributed by atoms with Crippen LogP contribution in [0.3, 0.4) is 0 Å². The van der Waals surface area contributed by atoms with Crippen LogP contribution >= 0.6 is 11.6 Å². The Labute approximate surface area is 185 Å². The smallest absolute Gasteiger partial charge is 0.325 e. The molecule has 31 heavy (non-hydrogen) atoms. The lowest BCUT2D eigenvalue weighted by Gasteiger charge is -2.37. The van der Waals surface area contributed by atoms with Crippen molar-refractivity contribution in [2.75, 3.05) is 20.2 Å². The molecule has 0 unspecified atom stereocenters. The Morgan fingerprint density at radius 3 is 2.52 bits per heavy atom. The Morgan fingerprint density at radius 1 is 1.16 bits per heavy atom. The average Bonchev–Trinajstić information content (AvgIpc) is 2.99. The molecule has 0 aliphatic carbocycles. The van der Waals surface area contributed by atoms with E-state index in [1.807, 2.05) is 19.1 Å². The molecule has 0 bridgehead atoms. The second-order valence-electron chi connectivity index (χ2n) is 7.97. The van der Waals surface area contributed by atoms with Gasteiger partial charge < -0.3 is 15.0 Å². The van der Waals surface area contributed by atoms with E-state index in [9.17, 15) is 14.4 Å². The van der Waals surface area contributed by atoms with Gasteiger partial charge in [-0.25, -0.2) is 4.79 Å². The standard InChI is InChI=1S/C23H24ClN3O4/c1-15-13-17(31-2)7-8-18(15)20(28)26-11-9-23(10-12-26)21(29)27(22(30)25-23)14-16-5-3-4-6-19(16)24/h3-8,13H,9-12,14H2,1-2H3,(H,25,30). The molecule has 0 radical (unpaired) electrons. The van der Waals surface area contributed by atoms with Gasteiger partial charge in [-0.05, 0) is 55.2 Å². The molecule has 2 heterocycles. The molecule has 4 rings (SSSR count). The quantitative estimate of drug-likeness (QED) is 0.738. The van der Waals surface area contributed by atoms with E-state index in [0.717, 1.165) is 5.56 Å². The third-order valence-corrected chi connectivity index (χ3v) is 6.47. The lowest BCUT2D eigenvalue weighted by molar-refractivity contribution is -0.133. The molecule has 162 valence electrons. The highest BCUT2D eigenvalue weighted by Crippen LogP contribution is 2.32. The van der Waals surface area contributed by atoms with Crippen LogP contribution in [-0.4, -0.2) is 53.4 Å². The van der Waals surface area contributed by atoms with Crippen molar-refractivity contribution in [1.29, 1.82) is 0 Å². The minimum atomic E-state index is -0.968. The van der Waals surface area contributed by atoms with Crippen molar-refractivity contribution < 1.29 is 19.1 Å². The molecule has 1 N–H and O–H groups in total. The number of halogens is 1. The maximum atomic E-state index is 13.2. The molecule has 2 fully saturated rings. The summed E-state index contributed by atoms with van der Waals surface area (Å²) in [7, 11) is 1.59. The fourth-order valence-corrected chi connectivity index (χ4v) is 4.42. The lowest BCUT2D eigenvalue weighted by atomic mass is 9.87. The number of imide groups is 1. The van der Waals surface area contributed by atoms with Crippen LogP contribution in [0.15, 0.2) is 42.5 Å².